The van der Waals surface area contributed by atoms with Crippen LogP contribution in [0.3, 0.4) is 0 Å². The van der Waals surface area contributed by atoms with Crippen LogP contribution >= 0.6 is 0 Å². The lowest BCUT2D eigenvalue weighted by Crippen LogP contribution is -2.46. The molecular formula is C13H14N4O. The Kier molecular flexibility index (Phi) is 3.14. The minimum atomic E-state index is 0.480. The van der Waals surface area contributed by atoms with Crippen molar-refractivity contribution in [3.8, 4) is 16.9 Å². The molecule has 5 nitrogen and oxygen atoms in total. The highest BCUT2D eigenvalue weighted by atomic mass is 16.5. The molecule has 0 radical (unpaired) electrons. The molecule has 92 valence electrons. The third-order valence-electron chi connectivity index (χ3n) is 2.98. The minimum Gasteiger partial charge on any atom is -0.490 e. The van der Waals surface area contributed by atoms with Gasteiger partial charge in [-0.3, -0.25) is 4.98 Å². The van der Waals surface area contributed by atoms with Gasteiger partial charge in [0.25, 0.3) is 0 Å². The Balaban J connectivity index is 1.72. The van der Waals surface area contributed by atoms with Crippen molar-refractivity contribution in [2.45, 2.75) is 12.5 Å². The van der Waals surface area contributed by atoms with Crippen LogP contribution in [0.1, 0.15) is 6.42 Å². The van der Waals surface area contributed by atoms with Gasteiger partial charge in [-0.15, -0.1) is 0 Å². The van der Waals surface area contributed by atoms with Gasteiger partial charge < -0.3 is 10.1 Å². The van der Waals surface area contributed by atoms with E-state index in [9.17, 15) is 0 Å². The number of nitrogens with zero attached hydrogens (tertiary/aromatic N) is 3. The quantitative estimate of drug-likeness (QED) is 0.875. The fraction of sp³-hybridized carbons (Fsp3) is 0.308. The second kappa shape index (κ2) is 5.10. The molecule has 18 heavy (non-hydrogen) atoms. The van der Waals surface area contributed by atoms with Crippen LogP contribution in [0, 0.1) is 0 Å². The summed E-state index contributed by atoms with van der Waals surface area (Å²) in [5.74, 6) is 0.782. The van der Waals surface area contributed by atoms with Crippen molar-refractivity contribution in [1.82, 2.24) is 20.3 Å². The van der Waals surface area contributed by atoms with Gasteiger partial charge in [0.1, 0.15) is 18.7 Å². The summed E-state index contributed by atoms with van der Waals surface area (Å²) in [5, 5.41) is 3.30. The number of aromatic nitrogens is 3. The van der Waals surface area contributed by atoms with Crippen molar-refractivity contribution < 1.29 is 4.74 Å². The first kappa shape index (κ1) is 11.1. The molecule has 1 unspecified atom stereocenters. The summed E-state index contributed by atoms with van der Waals surface area (Å²) in [6.07, 6.45) is 9.74. The van der Waals surface area contributed by atoms with Crippen LogP contribution in [0.4, 0.5) is 0 Å². The van der Waals surface area contributed by atoms with Crippen molar-refractivity contribution in [2.75, 3.05) is 13.2 Å². The normalized spacial score (nSPS) is 18.1. The number of hydrogen-bond acceptors (Lipinski definition) is 5. The van der Waals surface area contributed by atoms with Gasteiger partial charge in [0, 0.05) is 35.8 Å². The molecule has 3 rings (SSSR count). The van der Waals surface area contributed by atoms with Gasteiger partial charge in [0.05, 0.1) is 6.20 Å². The maximum Gasteiger partial charge on any atom is 0.138 e. The first-order valence-electron chi connectivity index (χ1n) is 5.98. The summed E-state index contributed by atoms with van der Waals surface area (Å²) >= 11 is 0. The van der Waals surface area contributed by atoms with E-state index < -0.39 is 0 Å². The molecule has 0 aliphatic carbocycles. The van der Waals surface area contributed by atoms with Gasteiger partial charge in [-0.1, -0.05) is 0 Å². The van der Waals surface area contributed by atoms with E-state index in [1.165, 1.54) is 12.7 Å². The summed E-state index contributed by atoms with van der Waals surface area (Å²) < 4.78 is 5.71. The van der Waals surface area contributed by atoms with Gasteiger partial charge in [-0.05, 0) is 19.0 Å². The largest absolute Gasteiger partial charge is 0.490 e. The molecule has 5 heteroatoms. The zero-order valence-electron chi connectivity index (χ0n) is 9.91. The van der Waals surface area contributed by atoms with Crippen molar-refractivity contribution in [3.63, 3.8) is 0 Å². The van der Waals surface area contributed by atoms with Crippen LogP contribution in [0.2, 0.25) is 0 Å². The minimum absolute atomic E-state index is 0.480. The Morgan fingerprint density at radius 2 is 1.89 bits per heavy atom. The lowest BCUT2D eigenvalue weighted by molar-refractivity contribution is 0.217. The number of ether oxygens (including phenoxy) is 1. The van der Waals surface area contributed by atoms with Gasteiger partial charge >= 0.3 is 0 Å². The second-order valence-electron chi connectivity index (χ2n) is 4.29. The van der Waals surface area contributed by atoms with E-state index in [-0.39, 0.29) is 0 Å². The number of nitrogens with one attached hydrogen (secondary N) is 1. The second-order valence-corrected chi connectivity index (χ2v) is 4.29. The molecule has 0 spiro atoms. The van der Waals surface area contributed by atoms with Crippen molar-refractivity contribution >= 4 is 0 Å². The molecule has 0 saturated carbocycles. The van der Waals surface area contributed by atoms with Crippen LogP contribution in [-0.4, -0.2) is 34.1 Å². The summed E-state index contributed by atoms with van der Waals surface area (Å²) in [4.78, 5) is 12.2. The highest BCUT2D eigenvalue weighted by molar-refractivity contribution is 5.61. The average Bonchev–Trinajstić information content (AvgIpc) is 2.38. The van der Waals surface area contributed by atoms with Crippen LogP contribution in [0.25, 0.3) is 11.1 Å². The molecular weight excluding hydrogens is 228 g/mol. The summed E-state index contributed by atoms with van der Waals surface area (Å²) in [6, 6.07) is 2.44. The number of hydrogen-bond donors (Lipinski definition) is 1. The topological polar surface area (TPSA) is 59.9 Å². The Morgan fingerprint density at radius 1 is 1.11 bits per heavy atom. The Hall–Kier alpha value is -2.01. The molecule has 0 amide bonds. The van der Waals surface area contributed by atoms with E-state index in [0.29, 0.717) is 12.6 Å². The van der Waals surface area contributed by atoms with Crippen molar-refractivity contribution in [1.29, 1.82) is 0 Å². The average molecular weight is 242 g/mol. The summed E-state index contributed by atoms with van der Waals surface area (Å²) in [6.45, 7) is 1.78. The summed E-state index contributed by atoms with van der Waals surface area (Å²) in [5.41, 5.74) is 1.91. The summed E-state index contributed by atoms with van der Waals surface area (Å²) in [7, 11) is 0. The lowest BCUT2D eigenvalue weighted by atomic mass is 10.1. The highest BCUT2D eigenvalue weighted by Crippen LogP contribution is 2.21. The molecule has 1 fully saturated rings. The van der Waals surface area contributed by atoms with E-state index in [4.69, 9.17) is 4.74 Å². The first-order valence-corrected chi connectivity index (χ1v) is 5.98. The molecule has 1 N–H and O–H groups in total. The smallest absolute Gasteiger partial charge is 0.138 e. The molecule has 1 saturated heterocycles. The first-order chi connectivity index (χ1) is 8.92. The Labute approximate surface area is 105 Å². The number of pyridine rings is 1. The van der Waals surface area contributed by atoms with Crippen LogP contribution < -0.4 is 10.1 Å². The van der Waals surface area contributed by atoms with Gasteiger partial charge in [0.2, 0.25) is 0 Å². The van der Waals surface area contributed by atoms with E-state index in [1.54, 1.807) is 24.8 Å². The monoisotopic (exact) mass is 242 g/mol. The third-order valence-corrected chi connectivity index (χ3v) is 2.98. The lowest BCUT2D eigenvalue weighted by Gasteiger charge is -2.27. The predicted molar refractivity (Wildman–Crippen MR) is 67.2 cm³/mol. The van der Waals surface area contributed by atoms with Gasteiger partial charge in [-0.2, -0.15) is 0 Å². The van der Waals surface area contributed by atoms with Crippen molar-refractivity contribution in [2.24, 2.45) is 0 Å². The molecule has 0 bridgehead atoms. The van der Waals surface area contributed by atoms with Crippen molar-refractivity contribution in [3.05, 3.63) is 37.2 Å². The van der Waals surface area contributed by atoms with E-state index in [1.807, 2.05) is 6.07 Å². The molecule has 3 heterocycles. The molecule has 2 aromatic heterocycles. The molecule has 2 aromatic rings. The zero-order valence-corrected chi connectivity index (χ0v) is 9.91. The Bertz CT molecular complexity index is 513. The highest BCUT2D eigenvalue weighted by Gasteiger charge is 2.16. The fourth-order valence-electron chi connectivity index (χ4n) is 1.79. The van der Waals surface area contributed by atoms with Gasteiger partial charge in [0.15, 0.2) is 0 Å². The van der Waals surface area contributed by atoms with Crippen LogP contribution in [-0.2, 0) is 0 Å². The van der Waals surface area contributed by atoms with E-state index in [0.717, 1.165) is 23.4 Å². The molecule has 1 atom stereocenters. The van der Waals surface area contributed by atoms with E-state index >= 15 is 0 Å². The zero-order chi connectivity index (χ0) is 12.2. The third kappa shape index (κ3) is 2.46. The van der Waals surface area contributed by atoms with Gasteiger partial charge in [-0.25, -0.2) is 9.97 Å². The predicted octanol–water partition coefficient (Wildman–Crippen LogP) is 1.28. The Morgan fingerprint density at radius 3 is 2.61 bits per heavy atom. The SMILES string of the molecule is c1ncc(-c2cncc(OCC3CCN3)c2)cn1. The maximum atomic E-state index is 5.71. The molecule has 0 aromatic carbocycles. The van der Waals surface area contributed by atoms with Crippen LogP contribution in [0.15, 0.2) is 37.2 Å². The molecule has 1 aliphatic heterocycles. The van der Waals surface area contributed by atoms with E-state index in [2.05, 4.69) is 20.3 Å². The van der Waals surface area contributed by atoms with Crippen LogP contribution in [0.5, 0.6) is 5.75 Å². The molecule has 1 aliphatic rings. The number of rotatable bonds is 4. The fourth-order valence-corrected chi connectivity index (χ4v) is 1.79. The maximum absolute atomic E-state index is 5.71. The standard InChI is InChI=1S/C13H14N4O/c1-2-17-12(1)8-18-13-3-10(4-14-7-13)11-5-15-9-16-6-11/h3-7,9,12,17H,1-2,8H2.